The van der Waals surface area contributed by atoms with Crippen LogP contribution in [-0.2, 0) is 21.5 Å². The van der Waals surface area contributed by atoms with Crippen LogP contribution in [0.5, 0.6) is 0 Å². The van der Waals surface area contributed by atoms with Gasteiger partial charge in [-0.15, -0.1) is 0 Å². The number of amides is 1. The summed E-state index contributed by atoms with van der Waals surface area (Å²) in [4.78, 5) is 11.1. The van der Waals surface area contributed by atoms with Gasteiger partial charge in [0.1, 0.15) is 0 Å². The number of nitrogens with zero attached hydrogens (tertiary/aromatic N) is 1. The number of rotatable bonds is 7. The molecule has 110 valence electrons. The van der Waals surface area contributed by atoms with Crippen molar-refractivity contribution in [3.05, 3.63) is 29.8 Å². The van der Waals surface area contributed by atoms with Gasteiger partial charge in [0.15, 0.2) is 0 Å². The van der Waals surface area contributed by atoms with Crippen LogP contribution >= 0.6 is 0 Å². The van der Waals surface area contributed by atoms with Crippen molar-refractivity contribution >= 4 is 21.8 Å². The molecule has 20 heavy (non-hydrogen) atoms. The topological polar surface area (TPSA) is 119 Å². The number of carbonyl (C=O) groups excluding carboxylic acids is 1. The van der Waals surface area contributed by atoms with Crippen LogP contribution in [0.15, 0.2) is 24.3 Å². The molecule has 0 unspecified atom stereocenters. The van der Waals surface area contributed by atoms with Gasteiger partial charge in [-0.05, 0) is 30.5 Å². The summed E-state index contributed by atoms with van der Waals surface area (Å²) in [6.07, 6.45) is 1.64. The van der Waals surface area contributed by atoms with E-state index in [-0.39, 0.29) is 19.1 Å². The average Bonchev–Trinajstić information content (AvgIpc) is 3.11. The summed E-state index contributed by atoms with van der Waals surface area (Å²) in [6.45, 7) is -0.313. The number of benzene rings is 1. The highest BCUT2D eigenvalue weighted by molar-refractivity contribution is 7.87. The Morgan fingerprint density at radius 2 is 2.10 bits per heavy atom. The highest BCUT2D eigenvalue weighted by Crippen LogP contribution is 2.21. The predicted molar refractivity (Wildman–Crippen MR) is 75.5 cm³/mol. The molecule has 1 saturated carbocycles. The fraction of sp³-hybridized carbons (Fsp3) is 0.417. The molecule has 2 rings (SSSR count). The van der Waals surface area contributed by atoms with E-state index in [2.05, 4.69) is 4.72 Å². The summed E-state index contributed by atoms with van der Waals surface area (Å²) in [5.41, 5.74) is 12.0. The van der Waals surface area contributed by atoms with Crippen LogP contribution in [0.25, 0.3) is 0 Å². The molecule has 0 spiro atoms. The molecule has 1 fully saturated rings. The number of carbonyl (C=O) groups is 1. The molecule has 0 bridgehead atoms. The van der Waals surface area contributed by atoms with E-state index in [0.717, 1.165) is 17.1 Å². The molecule has 8 heteroatoms. The second-order valence-corrected chi connectivity index (χ2v) is 6.58. The van der Waals surface area contributed by atoms with Crippen molar-refractivity contribution in [1.82, 2.24) is 9.03 Å². The summed E-state index contributed by atoms with van der Waals surface area (Å²) in [5.74, 6) is -0.699. The lowest BCUT2D eigenvalue weighted by atomic mass is 10.2. The Hall–Kier alpha value is -1.64. The van der Waals surface area contributed by atoms with Crippen molar-refractivity contribution in [2.24, 2.45) is 5.73 Å². The van der Waals surface area contributed by atoms with Crippen LogP contribution in [-0.4, -0.2) is 31.2 Å². The van der Waals surface area contributed by atoms with Crippen molar-refractivity contribution in [1.29, 1.82) is 0 Å². The predicted octanol–water partition coefficient (Wildman–Crippen LogP) is -0.447. The van der Waals surface area contributed by atoms with E-state index in [1.807, 2.05) is 0 Å². The molecule has 0 heterocycles. The molecule has 0 aromatic heterocycles. The van der Waals surface area contributed by atoms with E-state index in [0.29, 0.717) is 11.3 Å². The van der Waals surface area contributed by atoms with E-state index < -0.39 is 16.1 Å². The summed E-state index contributed by atoms with van der Waals surface area (Å²) in [6, 6.07) is 6.82. The van der Waals surface area contributed by atoms with E-state index >= 15 is 0 Å². The minimum Gasteiger partial charge on any atom is -0.399 e. The highest BCUT2D eigenvalue weighted by atomic mass is 32.2. The lowest BCUT2D eigenvalue weighted by Gasteiger charge is -2.21. The highest BCUT2D eigenvalue weighted by Gasteiger charge is 2.31. The van der Waals surface area contributed by atoms with E-state index in [9.17, 15) is 13.2 Å². The molecule has 1 amide bonds. The number of nitrogens with two attached hydrogens (primary N) is 2. The van der Waals surface area contributed by atoms with Crippen LogP contribution in [0.2, 0.25) is 0 Å². The van der Waals surface area contributed by atoms with Gasteiger partial charge in [0.2, 0.25) is 5.91 Å². The first-order valence-corrected chi connectivity index (χ1v) is 7.71. The third kappa shape index (κ3) is 4.19. The van der Waals surface area contributed by atoms with Gasteiger partial charge in [0.05, 0.1) is 6.54 Å². The summed E-state index contributed by atoms with van der Waals surface area (Å²) < 4.78 is 27.9. The zero-order valence-electron chi connectivity index (χ0n) is 11.0. The van der Waals surface area contributed by atoms with E-state index in [1.54, 1.807) is 24.3 Å². The maximum Gasteiger partial charge on any atom is 0.280 e. The van der Waals surface area contributed by atoms with Gasteiger partial charge in [-0.25, -0.2) is 0 Å². The van der Waals surface area contributed by atoms with Crippen LogP contribution in [0.4, 0.5) is 5.69 Å². The van der Waals surface area contributed by atoms with E-state index in [1.165, 1.54) is 0 Å². The van der Waals surface area contributed by atoms with Gasteiger partial charge < -0.3 is 11.5 Å². The first kappa shape index (κ1) is 14.8. The van der Waals surface area contributed by atoms with Gasteiger partial charge in [-0.3, -0.25) is 4.79 Å². The lowest BCUT2D eigenvalue weighted by molar-refractivity contribution is -0.118. The molecule has 0 atom stereocenters. The Bertz CT molecular complexity index is 598. The van der Waals surface area contributed by atoms with Gasteiger partial charge in [-0.1, -0.05) is 12.1 Å². The van der Waals surface area contributed by atoms with E-state index in [4.69, 9.17) is 11.5 Å². The van der Waals surface area contributed by atoms with Crippen LogP contribution in [0, 0.1) is 0 Å². The summed E-state index contributed by atoms with van der Waals surface area (Å²) in [5, 5.41) is 0. The lowest BCUT2D eigenvalue weighted by Crippen LogP contribution is -2.45. The fourth-order valence-corrected chi connectivity index (χ4v) is 3.20. The molecule has 0 radical (unpaired) electrons. The smallest absolute Gasteiger partial charge is 0.280 e. The Kier molecular flexibility index (Phi) is 4.26. The fourth-order valence-electron chi connectivity index (χ4n) is 1.78. The Morgan fingerprint density at radius 3 is 2.65 bits per heavy atom. The molecule has 1 aliphatic rings. The first-order chi connectivity index (χ1) is 9.37. The second kappa shape index (κ2) is 5.78. The van der Waals surface area contributed by atoms with Crippen LogP contribution in [0.1, 0.15) is 18.4 Å². The minimum absolute atomic E-state index is 0.0313. The SMILES string of the molecule is NC(=O)CN(Cc1cccc(N)c1)S(=O)(=O)NC1CC1. The number of anilines is 1. The number of hydrogen-bond donors (Lipinski definition) is 3. The molecule has 1 aromatic rings. The molecule has 0 saturated heterocycles. The molecule has 1 aliphatic carbocycles. The first-order valence-electron chi connectivity index (χ1n) is 6.27. The van der Waals surface area contributed by atoms with Gasteiger partial charge >= 0.3 is 0 Å². The normalized spacial score (nSPS) is 15.4. The Balaban J connectivity index is 2.16. The maximum atomic E-state index is 12.2. The standard InChI is InChI=1S/C12H18N4O3S/c13-10-3-1-2-9(6-10)7-16(8-12(14)17)20(18,19)15-11-4-5-11/h1-3,6,11,15H,4-5,7-8,13H2,(H2,14,17). The zero-order valence-corrected chi connectivity index (χ0v) is 11.8. The maximum absolute atomic E-state index is 12.2. The quantitative estimate of drug-likeness (QED) is 0.591. The minimum atomic E-state index is -3.72. The van der Waals surface area contributed by atoms with Crippen LogP contribution < -0.4 is 16.2 Å². The van der Waals surface area contributed by atoms with Crippen molar-refractivity contribution in [2.75, 3.05) is 12.3 Å². The summed E-state index contributed by atoms with van der Waals surface area (Å²) in [7, 11) is -3.72. The number of hydrogen-bond acceptors (Lipinski definition) is 4. The van der Waals surface area contributed by atoms with Gasteiger partial charge in [-0.2, -0.15) is 17.4 Å². The molecular weight excluding hydrogens is 280 g/mol. The average molecular weight is 298 g/mol. The van der Waals surface area contributed by atoms with Crippen molar-refractivity contribution < 1.29 is 13.2 Å². The van der Waals surface area contributed by atoms with Crippen molar-refractivity contribution in [3.63, 3.8) is 0 Å². The Morgan fingerprint density at radius 1 is 1.40 bits per heavy atom. The number of nitrogens with one attached hydrogen (secondary N) is 1. The Labute approximate surface area is 118 Å². The third-order valence-electron chi connectivity index (χ3n) is 2.88. The molecular formula is C12H18N4O3S. The molecule has 0 aliphatic heterocycles. The van der Waals surface area contributed by atoms with Crippen molar-refractivity contribution in [3.8, 4) is 0 Å². The van der Waals surface area contributed by atoms with Gasteiger partial charge in [0.25, 0.3) is 10.2 Å². The molecule has 7 nitrogen and oxygen atoms in total. The summed E-state index contributed by atoms with van der Waals surface area (Å²) >= 11 is 0. The molecule has 1 aromatic carbocycles. The zero-order chi connectivity index (χ0) is 14.8. The second-order valence-electron chi connectivity index (χ2n) is 4.88. The monoisotopic (exact) mass is 298 g/mol. The number of primary amides is 1. The van der Waals surface area contributed by atoms with Crippen LogP contribution in [0.3, 0.4) is 0 Å². The van der Waals surface area contributed by atoms with Crippen molar-refractivity contribution in [2.45, 2.75) is 25.4 Å². The van der Waals surface area contributed by atoms with Gasteiger partial charge in [0, 0.05) is 18.3 Å². The molecule has 5 N–H and O–H groups in total. The third-order valence-corrected chi connectivity index (χ3v) is 4.44. The number of nitrogen functional groups attached to an aromatic ring is 1. The largest absolute Gasteiger partial charge is 0.399 e.